The van der Waals surface area contributed by atoms with Crippen LogP contribution in [0.1, 0.15) is 12.5 Å². The normalized spacial score (nSPS) is 10.2. The Labute approximate surface area is 71.3 Å². The molecule has 0 unspecified atom stereocenters. The van der Waals surface area contributed by atoms with Gasteiger partial charge in [0.25, 0.3) is 0 Å². The van der Waals surface area contributed by atoms with E-state index in [0.717, 1.165) is 23.3 Å². The summed E-state index contributed by atoms with van der Waals surface area (Å²) in [5.41, 5.74) is 0.780. The molecule has 0 amide bonds. The second-order valence-electron chi connectivity index (χ2n) is 1.86. The van der Waals surface area contributed by atoms with Gasteiger partial charge in [0.2, 0.25) is 0 Å². The quantitative estimate of drug-likeness (QED) is 0.767. The summed E-state index contributed by atoms with van der Waals surface area (Å²) in [5, 5.41) is 18.6. The van der Waals surface area contributed by atoms with Gasteiger partial charge in [-0.05, 0) is 22.4 Å². The third kappa shape index (κ3) is 1.13. The summed E-state index contributed by atoms with van der Waals surface area (Å²) in [6.45, 7) is 1.92. The summed E-state index contributed by atoms with van der Waals surface area (Å²) in [6.07, 6.45) is 0.726. The highest BCUT2D eigenvalue weighted by atomic mass is 79.9. The largest absolute Gasteiger partial charge is 0.499 e. The molecular weight excluding hydrogens is 216 g/mol. The Hall–Kier alpha value is -0.220. The van der Waals surface area contributed by atoms with Gasteiger partial charge in [-0.1, -0.05) is 18.3 Å². The number of hydrogen-bond acceptors (Lipinski definition) is 3. The Kier molecular flexibility index (Phi) is 2.21. The smallest absolute Gasteiger partial charge is 0.189 e. The molecule has 0 saturated carbocycles. The first-order valence-corrected chi connectivity index (χ1v) is 4.46. The SMILES string of the molecule is CCc1c(O)sc(O)c1Br. The Morgan fingerprint density at radius 3 is 2.20 bits per heavy atom. The van der Waals surface area contributed by atoms with Crippen LogP contribution in [0, 0.1) is 0 Å². The molecule has 1 aromatic heterocycles. The Morgan fingerprint density at radius 1 is 1.40 bits per heavy atom. The van der Waals surface area contributed by atoms with Crippen LogP contribution in [0.4, 0.5) is 0 Å². The molecule has 0 spiro atoms. The van der Waals surface area contributed by atoms with Gasteiger partial charge < -0.3 is 10.2 Å². The molecule has 0 aliphatic heterocycles. The first kappa shape index (κ1) is 7.88. The first-order valence-electron chi connectivity index (χ1n) is 2.86. The fourth-order valence-corrected chi connectivity index (χ4v) is 2.34. The average molecular weight is 223 g/mol. The molecule has 1 heterocycles. The van der Waals surface area contributed by atoms with Crippen molar-refractivity contribution >= 4 is 27.3 Å². The summed E-state index contributed by atoms with van der Waals surface area (Å²) in [4.78, 5) is 0. The van der Waals surface area contributed by atoms with Crippen molar-refractivity contribution in [2.75, 3.05) is 0 Å². The number of rotatable bonds is 1. The van der Waals surface area contributed by atoms with Gasteiger partial charge in [-0.3, -0.25) is 0 Å². The molecule has 0 aliphatic carbocycles. The second kappa shape index (κ2) is 2.80. The first-order chi connectivity index (χ1) is 4.66. The van der Waals surface area contributed by atoms with Crippen LogP contribution in [0.25, 0.3) is 0 Å². The Morgan fingerprint density at radius 2 is 2.00 bits per heavy atom. The summed E-state index contributed by atoms with van der Waals surface area (Å²) in [5.74, 6) is 0. The van der Waals surface area contributed by atoms with Gasteiger partial charge in [0.1, 0.15) is 0 Å². The topological polar surface area (TPSA) is 40.5 Å². The molecule has 10 heavy (non-hydrogen) atoms. The monoisotopic (exact) mass is 222 g/mol. The van der Waals surface area contributed by atoms with E-state index < -0.39 is 0 Å². The van der Waals surface area contributed by atoms with E-state index in [1.807, 2.05) is 6.92 Å². The van der Waals surface area contributed by atoms with Crippen LogP contribution in [0.15, 0.2) is 4.47 Å². The maximum atomic E-state index is 9.14. The van der Waals surface area contributed by atoms with Crippen LogP contribution in [0.5, 0.6) is 10.1 Å². The van der Waals surface area contributed by atoms with Crippen molar-refractivity contribution < 1.29 is 10.2 Å². The third-order valence-electron chi connectivity index (χ3n) is 1.26. The van der Waals surface area contributed by atoms with Crippen molar-refractivity contribution in [2.45, 2.75) is 13.3 Å². The highest BCUT2D eigenvalue weighted by Gasteiger charge is 2.12. The van der Waals surface area contributed by atoms with E-state index in [2.05, 4.69) is 15.9 Å². The molecule has 0 fully saturated rings. The molecule has 2 nitrogen and oxygen atoms in total. The Balaban J connectivity index is 3.20. The van der Waals surface area contributed by atoms with Crippen molar-refractivity contribution in [3.63, 3.8) is 0 Å². The lowest BCUT2D eigenvalue weighted by Gasteiger charge is -1.91. The summed E-state index contributed by atoms with van der Waals surface area (Å²) < 4.78 is 0.623. The van der Waals surface area contributed by atoms with Crippen molar-refractivity contribution in [1.29, 1.82) is 0 Å². The van der Waals surface area contributed by atoms with Crippen LogP contribution < -0.4 is 0 Å². The van der Waals surface area contributed by atoms with Gasteiger partial charge in [0.15, 0.2) is 10.1 Å². The zero-order valence-corrected chi connectivity index (χ0v) is 7.79. The van der Waals surface area contributed by atoms with Crippen molar-refractivity contribution in [3.8, 4) is 10.1 Å². The number of thiophene rings is 1. The molecule has 0 saturated heterocycles. The number of aromatic hydroxyl groups is 2. The highest BCUT2D eigenvalue weighted by molar-refractivity contribution is 9.10. The van der Waals surface area contributed by atoms with E-state index >= 15 is 0 Å². The van der Waals surface area contributed by atoms with Crippen molar-refractivity contribution in [1.82, 2.24) is 0 Å². The van der Waals surface area contributed by atoms with Gasteiger partial charge in [0, 0.05) is 5.56 Å². The standard InChI is InChI=1S/C6H7BrO2S/c1-2-3-4(7)6(9)10-5(3)8/h8-9H,2H2,1H3. The van der Waals surface area contributed by atoms with Crippen molar-refractivity contribution in [2.24, 2.45) is 0 Å². The zero-order chi connectivity index (χ0) is 7.72. The summed E-state index contributed by atoms with van der Waals surface area (Å²) >= 11 is 4.15. The summed E-state index contributed by atoms with van der Waals surface area (Å²) in [6, 6.07) is 0. The van der Waals surface area contributed by atoms with E-state index in [9.17, 15) is 0 Å². The van der Waals surface area contributed by atoms with E-state index in [-0.39, 0.29) is 10.1 Å². The molecule has 1 aromatic rings. The lowest BCUT2D eigenvalue weighted by Crippen LogP contribution is -1.74. The van der Waals surface area contributed by atoms with Gasteiger partial charge in [-0.15, -0.1) is 0 Å². The van der Waals surface area contributed by atoms with Gasteiger partial charge in [-0.2, -0.15) is 0 Å². The van der Waals surface area contributed by atoms with Gasteiger partial charge in [0.05, 0.1) is 4.47 Å². The molecule has 1 rings (SSSR count). The van der Waals surface area contributed by atoms with Crippen LogP contribution in [0.3, 0.4) is 0 Å². The fraction of sp³-hybridized carbons (Fsp3) is 0.333. The summed E-state index contributed by atoms with van der Waals surface area (Å²) in [7, 11) is 0. The predicted octanol–water partition coefficient (Wildman–Crippen LogP) is 2.48. The van der Waals surface area contributed by atoms with E-state index in [1.165, 1.54) is 0 Å². The molecular formula is C6H7BrO2S. The van der Waals surface area contributed by atoms with Crippen molar-refractivity contribution in [3.05, 3.63) is 10.0 Å². The molecule has 0 bridgehead atoms. The van der Waals surface area contributed by atoms with Crippen LogP contribution in [-0.4, -0.2) is 10.2 Å². The van der Waals surface area contributed by atoms with Gasteiger partial charge >= 0.3 is 0 Å². The molecule has 0 atom stereocenters. The minimum absolute atomic E-state index is 0.148. The van der Waals surface area contributed by atoms with E-state index in [0.29, 0.717) is 4.47 Å². The minimum Gasteiger partial charge on any atom is -0.499 e. The molecule has 4 heteroatoms. The molecule has 2 N–H and O–H groups in total. The fourth-order valence-electron chi connectivity index (χ4n) is 0.727. The van der Waals surface area contributed by atoms with Gasteiger partial charge in [-0.25, -0.2) is 0 Å². The highest BCUT2D eigenvalue weighted by Crippen LogP contribution is 2.43. The van der Waals surface area contributed by atoms with Crippen LogP contribution >= 0.6 is 27.3 Å². The lowest BCUT2D eigenvalue weighted by molar-refractivity contribution is 0.484. The second-order valence-corrected chi connectivity index (χ2v) is 3.63. The average Bonchev–Trinajstić information content (AvgIpc) is 2.09. The maximum Gasteiger partial charge on any atom is 0.189 e. The maximum absolute atomic E-state index is 9.14. The lowest BCUT2D eigenvalue weighted by atomic mass is 10.3. The zero-order valence-electron chi connectivity index (χ0n) is 5.39. The predicted molar refractivity (Wildman–Crippen MR) is 44.7 cm³/mol. The van der Waals surface area contributed by atoms with E-state index in [1.54, 1.807) is 0 Å². The number of halogens is 1. The van der Waals surface area contributed by atoms with Crippen LogP contribution in [-0.2, 0) is 6.42 Å². The minimum atomic E-state index is 0.148. The van der Waals surface area contributed by atoms with Crippen LogP contribution in [0.2, 0.25) is 0 Å². The molecule has 0 aromatic carbocycles. The Bertz CT molecular complexity index is 244. The number of hydrogen-bond donors (Lipinski definition) is 2. The van der Waals surface area contributed by atoms with E-state index in [4.69, 9.17) is 10.2 Å². The molecule has 56 valence electrons. The molecule has 0 aliphatic rings. The third-order valence-corrected chi connectivity index (χ3v) is 3.21. The molecule has 0 radical (unpaired) electrons.